The quantitative estimate of drug-likeness (QED) is 0.324. The van der Waals surface area contributed by atoms with Gasteiger partial charge in [-0.05, 0) is 51.4 Å². The van der Waals surface area contributed by atoms with E-state index < -0.39 is 23.4 Å². The normalized spacial score (nSPS) is 22.3. The van der Waals surface area contributed by atoms with Crippen LogP contribution in [0.1, 0.15) is 39.0 Å². The molecular formula is C27H18IN3O. The molecule has 0 spiro atoms. The zero-order valence-corrected chi connectivity index (χ0v) is 19.2. The van der Waals surface area contributed by atoms with Gasteiger partial charge in [0.05, 0.1) is 18.2 Å². The predicted octanol–water partition coefficient (Wildman–Crippen LogP) is 5.70. The average Bonchev–Trinajstić information content (AvgIpc) is 3.15. The number of carbonyl (C=O) groups is 1. The first kappa shape index (κ1) is 20.5. The molecule has 1 fully saturated rings. The maximum absolute atomic E-state index is 13.9. The van der Waals surface area contributed by atoms with E-state index in [2.05, 4.69) is 34.7 Å². The van der Waals surface area contributed by atoms with Crippen LogP contribution in [-0.4, -0.2) is 16.7 Å². The number of benzene rings is 3. The molecule has 2 aliphatic rings. The number of fused-ring (bicyclic) bond motifs is 3. The molecule has 3 aromatic rings. The molecule has 0 aromatic heterocycles. The fourth-order valence-electron chi connectivity index (χ4n) is 5.14. The smallest absolute Gasteiger partial charge is 0.185 e. The van der Waals surface area contributed by atoms with Crippen molar-refractivity contribution in [3.63, 3.8) is 0 Å². The molecule has 0 N–H and O–H groups in total. The summed E-state index contributed by atoms with van der Waals surface area (Å²) in [5, 5.41) is 21.1. The maximum atomic E-state index is 13.9. The largest absolute Gasteiger partial charge is 0.357 e. The monoisotopic (exact) mass is 527 g/mol. The minimum atomic E-state index is -1.43. The summed E-state index contributed by atoms with van der Waals surface area (Å²) in [5.74, 6) is -0.698. The van der Waals surface area contributed by atoms with Gasteiger partial charge < -0.3 is 4.90 Å². The Morgan fingerprint density at radius 1 is 0.875 bits per heavy atom. The van der Waals surface area contributed by atoms with E-state index in [0.29, 0.717) is 5.56 Å². The van der Waals surface area contributed by atoms with Crippen molar-refractivity contribution >= 4 is 34.5 Å². The number of hydrogen-bond donors (Lipinski definition) is 0. The highest BCUT2D eigenvalue weighted by Crippen LogP contribution is 2.60. The SMILES string of the molecule is N#CC1(C#N)[C@H](c2ccccc2I)[C@H](C(=O)c2ccccc2)N2C=Cc3ccccc3[C@H]21. The molecule has 32 heavy (non-hydrogen) atoms. The molecule has 0 unspecified atom stereocenters. The van der Waals surface area contributed by atoms with Crippen LogP contribution in [0.3, 0.4) is 0 Å². The van der Waals surface area contributed by atoms with Crippen LogP contribution < -0.4 is 0 Å². The zero-order valence-electron chi connectivity index (χ0n) is 17.0. The van der Waals surface area contributed by atoms with E-state index in [1.165, 1.54) is 0 Å². The molecule has 3 atom stereocenters. The van der Waals surface area contributed by atoms with Crippen LogP contribution in [0.25, 0.3) is 6.08 Å². The summed E-state index contributed by atoms with van der Waals surface area (Å²) < 4.78 is 0.938. The number of nitriles is 2. The topological polar surface area (TPSA) is 67.9 Å². The number of hydrogen-bond acceptors (Lipinski definition) is 4. The van der Waals surface area contributed by atoms with Crippen molar-refractivity contribution < 1.29 is 4.79 Å². The Morgan fingerprint density at radius 3 is 2.19 bits per heavy atom. The Bertz CT molecular complexity index is 1300. The zero-order chi connectivity index (χ0) is 22.3. The Balaban J connectivity index is 1.80. The molecule has 5 heteroatoms. The summed E-state index contributed by atoms with van der Waals surface area (Å²) in [4.78, 5) is 15.9. The van der Waals surface area contributed by atoms with Crippen molar-refractivity contribution in [2.75, 3.05) is 0 Å². The summed E-state index contributed by atoms with van der Waals surface area (Å²) in [6.45, 7) is 0. The van der Waals surface area contributed by atoms with Crippen molar-refractivity contribution in [3.8, 4) is 12.1 Å². The van der Waals surface area contributed by atoms with Crippen molar-refractivity contribution in [1.29, 1.82) is 10.5 Å². The molecule has 3 aromatic carbocycles. The number of ketones is 1. The highest BCUT2D eigenvalue weighted by atomic mass is 127. The number of halogens is 1. The second kappa shape index (κ2) is 7.93. The molecule has 2 aliphatic heterocycles. The third-order valence-corrected chi connectivity index (χ3v) is 7.49. The minimum Gasteiger partial charge on any atom is -0.357 e. The fourth-order valence-corrected chi connectivity index (χ4v) is 5.86. The lowest BCUT2D eigenvalue weighted by atomic mass is 9.67. The van der Waals surface area contributed by atoms with Crippen LogP contribution in [0.5, 0.6) is 0 Å². The van der Waals surface area contributed by atoms with Crippen LogP contribution in [0, 0.1) is 31.6 Å². The molecule has 154 valence electrons. The van der Waals surface area contributed by atoms with Gasteiger partial charge >= 0.3 is 0 Å². The third kappa shape index (κ3) is 2.89. The molecule has 2 heterocycles. The van der Waals surface area contributed by atoms with Gasteiger partial charge in [-0.2, -0.15) is 10.5 Å². The Hall–Kier alpha value is -3.42. The lowest BCUT2D eigenvalue weighted by molar-refractivity contribution is 0.0874. The number of rotatable bonds is 3. The second-order valence-corrected chi connectivity index (χ2v) is 9.22. The third-order valence-electron chi connectivity index (χ3n) is 6.51. The van der Waals surface area contributed by atoms with Gasteiger partial charge in [0.1, 0.15) is 6.04 Å². The van der Waals surface area contributed by atoms with Crippen molar-refractivity contribution in [1.82, 2.24) is 4.90 Å². The summed E-state index contributed by atoms with van der Waals surface area (Å²) >= 11 is 2.23. The molecule has 4 nitrogen and oxygen atoms in total. The van der Waals surface area contributed by atoms with Gasteiger partial charge in [0, 0.05) is 21.3 Å². The first-order valence-electron chi connectivity index (χ1n) is 10.3. The molecule has 0 amide bonds. The Morgan fingerprint density at radius 2 is 1.50 bits per heavy atom. The van der Waals surface area contributed by atoms with Crippen molar-refractivity contribution in [2.24, 2.45) is 5.41 Å². The highest BCUT2D eigenvalue weighted by molar-refractivity contribution is 14.1. The van der Waals surface area contributed by atoms with Gasteiger partial charge in [0.25, 0.3) is 0 Å². The van der Waals surface area contributed by atoms with Gasteiger partial charge in [-0.3, -0.25) is 4.79 Å². The molecular weight excluding hydrogens is 509 g/mol. The summed E-state index contributed by atoms with van der Waals surface area (Å²) in [6.07, 6.45) is 3.85. The van der Waals surface area contributed by atoms with E-state index >= 15 is 0 Å². The second-order valence-electron chi connectivity index (χ2n) is 8.06. The van der Waals surface area contributed by atoms with E-state index in [0.717, 1.165) is 20.3 Å². The van der Waals surface area contributed by atoms with Crippen LogP contribution in [0.4, 0.5) is 0 Å². The van der Waals surface area contributed by atoms with Crippen molar-refractivity contribution in [2.45, 2.75) is 18.0 Å². The molecule has 0 radical (unpaired) electrons. The lowest BCUT2D eigenvalue weighted by Crippen LogP contribution is -2.38. The molecule has 0 aliphatic carbocycles. The summed E-state index contributed by atoms with van der Waals surface area (Å²) in [6, 6.07) is 28.2. The van der Waals surface area contributed by atoms with Crippen LogP contribution >= 0.6 is 22.6 Å². The Labute approximate surface area is 200 Å². The summed E-state index contributed by atoms with van der Waals surface area (Å²) in [7, 11) is 0. The molecule has 0 bridgehead atoms. The van der Waals surface area contributed by atoms with Crippen LogP contribution in [0.15, 0.2) is 85.1 Å². The highest BCUT2D eigenvalue weighted by Gasteiger charge is 2.64. The van der Waals surface area contributed by atoms with Gasteiger partial charge in [0.2, 0.25) is 0 Å². The van der Waals surface area contributed by atoms with Crippen LogP contribution in [-0.2, 0) is 0 Å². The lowest BCUT2D eigenvalue weighted by Gasteiger charge is -2.34. The standard InChI is InChI=1S/C27H18IN3O/c28-22-13-7-6-12-21(22)23-24(25(32)19-9-2-1-3-10-19)31-15-14-18-8-4-5-11-20(18)26(31)27(23,16-29)17-30/h1-15,23-24,26H/t23-,24-,26+/m1/s1. The van der Waals surface area contributed by atoms with E-state index in [1.807, 2.05) is 83.9 Å². The van der Waals surface area contributed by atoms with E-state index in [4.69, 9.17) is 0 Å². The number of nitrogens with zero attached hydrogens (tertiary/aromatic N) is 3. The first-order chi connectivity index (χ1) is 15.6. The predicted molar refractivity (Wildman–Crippen MR) is 130 cm³/mol. The first-order valence-corrected chi connectivity index (χ1v) is 11.4. The molecule has 0 saturated carbocycles. The van der Waals surface area contributed by atoms with E-state index in [9.17, 15) is 15.3 Å². The minimum absolute atomic E-state index is 0.0864. The van der Waals surface area contributed by atoms with Gasteiger partial charge in [-0.25, -0.2) is 0 Å². The van der Waals surface area contributed by atoms with Gasteiger partial charge in [0.15, 0.2) is 11.2 Å². The van der Waals surface area contributed by atoms with E-state index in [-0.39, 0.29) is 5.78 Å². The summed E-state index contributed by atoms with van der Waals surface area (Å²) in [5.41, 5.74) is 1.87. The van der Waals surface area contributed by atoms with Crippen LogP contribution in [0.2, 0.25) is 0 Å². The molecule has 5 rings (SSSR count). The Kier molecular flexibility index (Phi) is 5.07. The molecule has 1 saturated heterocycles. The fraction of sp³-hybridized carbons (Fsp3) is 0.148. The number of Topliss-reactive ketones (excluding diaryl/α,β-unsaturated/α-hetero) is 1. The maximum Gasteiger partial charge on any atom is 0.185 e. The van der Waals surface area contributed by atoms with E-state index in [1.54, 1.807) is 12.1 Å². The average molecular weight is 527 g/mol. The number of carbonyl (C=O) groups excluding carboxylic acids is 1. The van der Waals surface area contributed by atoms with Gasteiger partial charge in [-0.15, -0.1) is 0 Å². The van der Waals surface area contributed by atoms with Gasteiger partial charge in [-0.1, -0.05) is 72.8 Å². The van der Waals surface area contributed by atoms with Crippen molar-refractivity contribution in [3.05, 3.63) is 111 Å².